The Morgan fingerprint density at radius 3 is 2.88 bits per heavy atom. The van der Waals surface area contributed by atoms with E-state index in [1.165, 1.54) is 5.56 Å². The molecule has 80 valence electrons. The lowest BCUT2D eigenvalue weighted by atomic mass is 9.98. The molecule has 0 N–H and O–H groups in total. The number of aryl methyl sites for hydroxylation is 1. The van der Waals surface area contributed by atoms with Gasteiger partial charge in [-0.1, -0.05) is 18.2 Å². The Kier molecular flexibility index (Phi) is 2.03. The molecule has 0 aliphatic heterocycles. The lowest BCUT2D eigenvalue weighted by Crippen LogP contribution is -2.03. The molecule has 2 aromatic rings. The molecule has 3 rings (SSSR count). The Morgan fingerprint density at radius 1 is 1.25 bits per heavy atom. The predicted octanol–water partition coefficient (Wildman–Crippen LogP) is 2.93. The highest BCUT2D eigenvalue weighted by atomic mass is 16.1. The number of para-hydroxylation sites is 1. The van der Waals surface area contributed by atoms with Gasteiger partial charge in [0, 0.05) is 16.6 Å². The first-order chi connectivity index (χ1) is 7.77. The van der Waals surface area contributed by atoms with E-state index < -0.39 is 0 Å². The Morgan fingerprint density at radius 2 is 2.06 bits per heavy atom. The molecule has 2 heteroatoms. The topological polar surface area (TPSA) is 30.0 Å². The van der Waals surface area contributed by atoms with E-state index in [1.807, 2.05) is 24.3 Å². The van der Waals surface area contributed by atoms with Gasteiger partial charge in [0.25, 0.3) is 0 Å². The molecule has 1 aromatic carbocycles. The fraction of sp³-hybridized carbons (Fsp3) is 0.286. The van der Waals surface area contributed by atoms with Crippen LogP contribution in [-0.4, -0.2) is 10.8 Å². The summed E-state index contributed by atoms with van der Waals surface area (Å²) in [6, 6.07) is 7.93. The van der Waals surface area contributed by atoms with Crippen LogP contribution in [0, 0.1) is 0 Å². The number of nitrogens with zero attached hydrogens (tertiary/aromatic N) is 1. The molecule has 16 heavy (non-hydrogen) atoms. The van der Waals surface area contributed by atoms with Crippen LogP contribution < -0.4 is 0 Å². The highest BCUT2D eigenvalue weighted by Crippen LogP contribution is 2.29. The number of pyridine rings is 1. The van der Waals surface area contributed by atoms with Gasteiger partial charge in [-0.25, -0.2) is 0 Å². The van der Waals surface area contributed by atoms with Gasteiger partial charge in [-0.3, -0.25) is 9.78 Å². The van der Waals surface area contributed by atoms with Crippen LogP contribution in [0.1, 0.15) is 35.0 Å². The summed E-state index contributed by atoms with van der Waals surface area (Å²) in [5.74, 6) is 0.164. The van der Waals surface area contributed by atoms with Crippen molar-refractivity contribution in [3.8, 4) is 0 Å². The minimum atomic E-state index is 0.164. The molecule has 0 amide bonds. The van der Waals surface area contributed by atoms with Crippen LogP contribution in [0.3, 0.4) is 0 Å². The summed E-state index contributed by atoms with van der Waals surface area (Å²) in [4.78, 5) is 16.4. The smallest absolute Gasteiger partial charge is 0.160 e. The summed E-state index contributed by atoms with van der Waals surface area (Å²) < 4.78 is 0. The van der Waals surface area contributed by atoms with Crippen LogP contribution in [0.5, 0.6) is 0 Å². The Balaban J connectivity index is 2.45. The monoisotopic (exact) mass is 211 g/mol. The van der Waals surface area contributed by atoms with Crippen molar-refractivity contribution >= 4 is 16.7 Å². The van der Waals surface area contributed by atoms with Gasteiger partial charge in [-0.2, -0.15) is 0 Å². The van der Waals surface area contributed by atoms with Crippen LogP contribution in [0.25, 0.3) is 10.9 Å². The number of benzene rings is 1. The zero-order valence-electron chi connectivity index (χ0n) is 9.29. The van der Waals surface area contributed by atoms with Crippen molar-refractivity contribution in [2.24, 2.45) is 0 Å². The van der Waals surface area contributed by atoms with Crippen molar-refractivity contribution in [2.75, 3.05) is 0 Å². The molecular formula is C14H13NO. The zero-order chi connectivity index (χ0) is 11.1. The van der Waals surface area contributed by atoms with Crippen LogP contribution in [0.4, 0.5) is 0 Å². The summed E-state index contributed by atoms with van der Waals surface area (Å²) in [6.07, 6.45) is 3.14. The second-order valence-electron chi connectivity index (χ2n) is 4.34. The number of aromatic nitrogens is 1. The lowest BCUT2D eigenvalue weighted by Gasteiger charge is -2.09. The third kappa shape index (κ3) is 1.26. The Labute approximate surface area is 94.3 Å². The first kappa shape index (κ1) is 9.52. The molecular weight excluding hydrogens is 198 g/mol. The maximum Gasteiger partial charge on any atom is 0.160 e. The van der Waals surface area contributed by atoms with Crippen molar-refractivity contribution in [1.82, 2.24) is 4.98 Å². The zero-order valence-corrected chi connectivity index (χ0v) is 9.29. The molecule has 0 saturated carbocycles. The molecule has 1 aliphatic carbocycles. The maximum atomic E-state index is 11.8. The largest absolute Gasteiger partial charge is 0.294 e. The molecule has 1 aliphatic rings. The highest BCUT2D eigenvalue weighted by Gasteiger charge is 2.21. The van der Waals surface area contributed by atoms with Crippen LogP contribution in [0.15, 0.2) is 24.3 Å². The molecule has 0 atom stereocenters. The third-order valence-corrected chi connectivity index (χ3v) is 3.27. The van der Waals surface area contributed by atoms with Gasteiger partial charge in [-0.15, -0.1) is 0 Å². The molecule has 1 heterocycles. The molecule has 0 fully saturated rings. The van der Waals surface area contributed by atoms with E-state index in [-0.39, 0.29) is 5.78 Å². The molecule has 0 radical (unpaired) electrons. The van der Waals surface area contributed by atoms with Crippen molar-refractivity contribution < 1.29 is 4.79 Å². The molecule has 2 nitrogen and oxygen atoms in total. The minimum absolute atomic E-state index is 0.164. The van der Waals surface area contributed by atoms with E-state index in [9.17, 15) is 4.79 Å². The third-order valence-electron chi connectivity index (χ3n) is 3.27. The first-order valence-electron chi connectivity index (χ1n) is 5.69. The van der Waals surface area contributed by atoms with E-state index in [0.29, 0.717) is 0 Å². The van der Waals surface area contributed by atoms with E-state index in [1.54, 1.807) is 6.92 Å². The minimum Gasteiger partial charge on any atom is -0.294 e. The van der Waals surface area contributed by atoms with Crippen molar-refractivity contribution in [3.63, 3.8) is 0 Å². The number of hydrogen-bond acceptors (Lipinski definition) is 2. The first-order valence-corrected chi connectivity index (χ1v) is 5.69. The number of fused-ring (bicyclic) bond motifs is 2. The molecule has 0 unspecified atom stereocenters. The average molecular weight is 211 g/mol. The van der Waals surface area contributed by atoms with Gasteiger partial charge in [0.15, 0.2) is 5.78 Å². The Hall–Kier alpha value is -1.70. The fourth-order valence-electron chi connectivity index (χ4n) is 2.61. The van der Waals surface area contributed by atoms with Crippen molar-refractivity contribution in [2.45, 2.75) is 26.2 Å². The second kappa shape index (κ2) is 3.41. The summed E-state index contributed by atoms with van der Waals surface area (Å²) in [5, 5.41) is 1.01. The molecule has 0 bridgehead atoms. The number of rotatable bonds is 1. The lowest BCUT2D eigenvalue weighted by molar-refractivity contribution is 0.101. The van der Waals surface area contributed by atoms with Crippen LogP contribution in [0.2, 0.25) is 0 Å². The number of carbonyl (C=O) groups excluding carboxylic acids is 1. The summed E-state index contributed by atoms with van der Waals surface area (Å²) in [6.45, 7) is 1.65. The summed E-state index contributed by atoms with van der Waals surface area (Å²) in [7, 11) is 0. The molecule has 1 aromatic heterocycles. The summed E-state index contributed by atoms with van der Waals surface area (Å²) in [5.41, 5.74) is 4.17. The average Bonchev–Trinajstić information content (AvgIpc) is 2.72. The van der Waals surface area contributed by atoms with Gasteiger partial charge in [0.2, 0.25) is 0 Å². The van der Waals surface area contributed by atoms with Crippen LogP contribution in [-0.2, 0) is 12.8 Å². The number of hydrogen-bond donors (Lipinski definition) is 0. The number of Topliss-reactive ketones (excluding diaryl/α,β-unsaturated/α-hetero) is 1. The van der Waals surface area contributed by atoms with E-state index >= 15 is 0 Å². The molecule has 0 spiro atoms. The predicted molar refractivity (Wildman–Crippen MR) is 63.8 cm³/mol. The number of ketones is 1. The quantitative estimate of drug-likeness (QED) is 0.679. The normalized spacial score (nSPS) is 14.1. The van der Waals surface area contributed by atoms with E-state index in [2.05, 4.69) is 4.98 Å². The Bertz CT molecular complexity index is 587. The SMILES string of the molecule is CC(=O)c1c2c(nc3ccccc13)CCC2. The van der Waals surface area contributed by atoms with Gasteiger partial charge >= 0.3 is 0 Å². The highest BCUT2D eigenvalue weighted by molar-refractivity contribution is 6.07. The summed E-state index contributed by atoms with van der Waals surface area (Å²) >= 11 is 0. The van der Waals surface area contributed by atoms with Gasteiger partial charge in [-0.05, 0) is 37.8 Å². The standard InChI is InChI=1S/C14H13NO/c1-9(16)14-10-5-2-3-7-12(10)15-13-8-4-6-11(13)14/h2-3,5,7H,4,6,8H2,1H3. The van der Waals surface area contributed by atoms with Gasteiger partial charge in [0.05, 0.1) is 5.52 Å². The molecule has 0 saturated heterocycles. The van der Waals surface area contributed by atoms with E-state index in [4.69, 9.17) is 0 Å². The van der Waals surface area contributed by atoms with Gasteiger partial charge in [0.1, 0.15) is 0 Å². The fourth-order valence-corrected chi connectivity index (χ4v) is 2.61. The van der Waals surface area contributed by atoms with Crippen LogP contribution >= 0.6 is 0 Å². The van der Waals surface area contributed by atoms with Crippen molar-refractivity contribution in [1.29, 1.82) is 0 Å². The van der Waals surface area contributed by atoms with E-state index in [0.717, 1.165) is 41.4 Å². The van der Waals surface area contributed by atoms with Gasteiger partial charge < -0.3 is 0 Å². The second-order valence-corrected chi connectivity index (χ2v) is 4.34. The number of carbonyl (C=O) groups is 1. The maximum absolute atomic E-state index is 11.8. The van der Waals surface area contributed by atoms with Crippen molar-refractivity contribution in [3.05, 3.63) is 41.1 Å².